The summed E-state index contributed by atoms with van der Waals surface area (Å²) in [4.78, 5) is 26.1. The van der Waals surface area contributed by atoms with Crippen molar-refractivity contribution in [3.8, 4) is 0 Å². The monoisotopic (exact) mass is 386 g/mol. The van der Waals surface area contributed by atoms with Gasteiger partial charge in [-0.25, -0.2) is 4.79 Å². The number of aliphatic hydroxyl groups excluding tert-OH is 1. The molecule has 2 N–H and O–H groups in total. The molecule has 1 spiro atoms. The van der Waals surface area contributed by atoms with E-state index >= 15 is 0 Å². The van der Waals surface area contributed by atoms with Crippen LogP contribution in [0.15, 0.2) is 21.9 Å². The first-order valence-electron chi connectivity index (χ1n) is 8.98. The zero-order valence-electron chi connectivity index (χ0n) is 14.6. The molecule has 9 heteroatoms. The van der Waals surface area contributed by atoms with Crippen LogP contribution in [0.3, 0.4) is 0 Å². The number of hydrogen-bond acceptors (Lipinski definition) is 6. The number of rotatable bonds is 4. The number of aromatic nitrogens is 2. The van der Waals surface area contributed by atoms with Gasteiger partial charge < -0.3 is 19.3 Å². The molecular weight excluding hydrogens is 364 g/mol. The molecule has 1 aromatic rings. The zero-order chi connectivity index (χ0) is 18.6. The predicted molar refractivity (Wildman–Crippen MR) is 92.2 cm³/mol. The van der Waals surface area contributed by atoms with Gasteiger partial charge in [0.2, 0.25) is 0 Å². The minimum atomic E-state index is -1.19. The van der Waals surface area contributed by atoms with Gasteiger partial charge in [0.05, 0.1) is 12.5 Å². The molecule has 4 atom stereocenters. The van der Waals surface area contributed by atoms with Crippen LogP contribution in [-0.2, 0) is 14.2 Å². The Hall–Kier alpha value is -1.19. The molecule has 8 nitrogen and oxygen atoms in total. The van der Waals surface area contributed by atoms with Crippen LogP contribution in [0.2, 0.25) is 0 Å². The standard InChI is InChI=1S/C17H23ClN2O6/c1-2-17-12(24-16(26-17)6-3-4-7-16)15(9-18,10-21)25-13(17)20-8-5-11(22)19-14(20)23/h5,8,12-13,21H,2-4,6-7,9-10H2,1H3,(H,19,22,23). The lowest BCUT2D eigenvalue weighted by atomic mass is 9.85. The summed E-state index contributed by atoms with van der Waals surface area (Å²) in [6, 6.07) is 1.25. The zero-order valence-corrected chi connectivity index (χ0v) is 15.3. The molecule has 26 heavy (non-hydrogen) atoms. The summed E-state index contributed by atoms with van der Waals surface area (Å²) in [5.74, 6) is -0.745. The van der Waals surface area contributed by atoms with Crippen molar-refractivity contribution >= 4 is 11.6 Å². The van der Waals surface area contributed by atoms with Gasteiger partial charge in [-0.1, -0.05) is 6.92 Å². The molecule has 2 saturated heterocycles. The largest absolute Gasteiger partial charge is 0.393 e. The molecule has 1 saturated carbocycles. The normalized spacial score (nSPS) is 38.1. The fourth-order valence-electron chi connectivity index (χ4n) is 4.59. The maximum Gasteiger partial charge on any atom is 0.330 e. The van der Waals surface area contributed by atoms with Gasteiger partial charge in [0.15, 0.2) is 12.0 Å². The molecule has 0 radical (unpaired) electrons. The summed E-state index contributed by atoms with van der Waals surface area (Å²) in [7, 11) is 0. The van der Waals surface area contributed by atoms with Crippen molar-refractivity contribution < 1.29 is 19.3 Å². The highest BCUT2D eigenvalue weighted by atomic mass is 35.5. The molecule has 0 amide bonds. The van der Waals surface area contributed by atoms with Crippen LogP contribution in [0.5, 0.6) is 0 Å². The second kappa shape index (κ2) is 6.17. The fourth-order valence-corrected chi connectivity index (χ4v) is 4.88. The number of aliphatic hydroxyl groups is 1. The summed E-state index contributed by atoms with van der Waals surface area (Å²) < 4.78 is 20.3. The summed E-state index contributed by atoms with van der Waals surface area (Å²) in [6.45, 7) is 1.57. The molecule has 0 aromatic carbocycles. The molecule has 1 aromatic heterocycles. The van der Waals surface area contributed by atoms with Crippen molar-refractivity contribution in [2.75, 3.05) is 12.5 Å². The Morgan fingerprint density at radius 2 is 2.08 bits per heavy atom. The van der Waals surface area contributed by atoms with E-state index < -0.39 is 40.6 Å². The van der Waals surface area contributed by atoms with Crippen molar-refractivity contribution in [2.45, 2.75) is 68.3 Å². The number of ether oxygens (including phenoxy) is 3. The maximum atomic E-state index is 12.4. The molecule has 2 aliphatic heterocycles. The number of nitrogens with one attached hydrogen (secondary N) is 1. The van der Waals surface area contributed by atoms with Crippen molar-refractivity contribution in [1.82, 2.24) is 9.55 Å². The first kappa shape index (κ1) is 18.2. The average Bonchev–Trinajstić information content (AvgIpc) is 3.29. The first-order valence-corrected chi connectivity index (χ1v) is 9.52. The van der Waals surface area contributed by atoms with E-state index in [1.165, 1.54) is 16.8 Å². The molecule has 3 fully saturated rings. The summed E-state index contributed by atoms with van der Waals surface area (Å²) in [5.41, 5.74) is -3.27. The number of hydrogen-bond donors (Lipinski definition) is 2. The highest BCUT2D eigenvalue weighted by Gasteiger charge is 2.73. The lowest BCUT2D eigenvalue weighted by molar-refractivity contribution is -0.250. The molecule has 144 valence electrons. The van der Waals surface area contributed by atoms with E-state index in [-0.39, 0.29) is 12.5 Å². The van der Waals surface area contributed by atoms with Gasteiger partial charge in [-0.2, -0.15) is 0 Å². The highest BCUT2D eigenvalue weighted by molar-refractivity contribution is 6.18. The summed E-state index contributed by atoms with van der Waals surface area (Å²) >= 11 is 6.20. The quantitative estimate of drug-likeness (QED) is 0.744. The Bertz CT molecular complexity index is 797. The lowest BCUT2D eigenvalue weighted by Crippen LogP contribution is -2.52. The van der Waals surface area contributed by atoms with Crippen LogP contribution in [0.4, 0.5) is 0 Å². The van der Waals surface area contributed by atoms with Gasteiger partial charge in [-0.3, -0.25) is 14.3 Å². The first-order chi connectivity index (χ1) is 12.4. The Morgan fingerprint density at radius 3 is 2.65 bits per heavy atom. The highest BCUT2D eigenvalue weighted by Crippen LogP contribution is 2.59. The van der Waals surface area contributed by atoms with E-state index in [4.69, 9.17) is 25.8 Å². The van der Waals surface area contributed by atoms with E-state index in [0.717, 1.165) is 25.7 Å². The minimum Gasteiger partial charge on any atom is -0.393 e. The van der Waals surface area contributed by atoms with Crippen LogP contribution >= 0.6 is 11.6 Å². The Balaban J connectivity index is 1.86. The number of halogens is 1. The number of aromatic amines is 1. The van der Waals surface area contributed by atoms with E-state index in [2.05, 4.69) is 4.98 Å². The second-order valence-electron chi connectivity index (χ2n) is 7.37. The van der Waals surface area contributed by atoms with Gasteiger partial charge >= 0.3 is 5.69 Å². The fraction of sp³-hybridized carbons (Fsp3) is 0.765. The topological polar surface area (TPSA) is 103 Å². The number of nitrogens with zero attached hydrogens (tertiary/aromatic N) is 1. The lowest BCUT2D eigenvalue weighted by Gasteiger charge is -2.34. The van der Waals surface area contributed by atoms with E-state index in [1.54, 1.807) is 0 Å². The maximum absolute atomic E-state index is 12.4. The third-order valence-electron chi connectivity index (χ3n) is 5.91. The molecule has 1 aliphatic carbocycles. The van der Waals surface area contributed by atoms with Crippen molar-refractivity contribution in [3.63, 3.8) is 0 Å². The summed E-state index contributed by atoms with van der Waals surface area (Å²) in [6.07, 6.45) is 3.87. The van der Waals surface area contributed by atoms with Gasteiger partial charge in [-0.05, 0) is 19.3 Å². The van der Waals surface area contributed by atoms with Crippen molar-refractivity contribution in [2.24, 2.45) is 0 Å². The number of fused-ring (bicyclic) bond motifs is 1. The van der Waals surface area contributed by atoms with Crippen molar-refractivity contribution in [3.05, 3.63) is 33.1 Å². The van der Waals surface area contributed by atoms with Gasteiger partial charge in [0.1, 0.15) is 17.3 Å². The van der Waals surface area contributed by atoms with Crippen LogP contribution in [0, 0.1) is 0 Å². The molecule has 3 aliphatic rings. The van der Waals surface area contributed by atoms with E-state index in [9.17, 15) is 14.7 Å². The Labute approximate surface area is 155 Å². The molecule has 4 rings (SSSR count). The van der Waals surface area contributed by atoms with Gasteiger partial charge in [0, 0.05) is 25.1 Å². The smallest absolute Gasteiger partial charge is 0.330 e. The Kier molecular flexibility index (Phi) is 4.32. The number of H-pyrrole nitrogens is 1. The van der Waals surface area contributed by atoms with E-state index in [0.29, 0.717) is 6.42 Å². The average molecular weight is 387 g/mol. The van der Waals surface area contributed by atoms with E-state index in [1.807, 2.05) is 6.92 Å². The van der Waals surface area contributed by atoms with Crippen LogP contribution in [0.25, 0.3) is 0 Å². The third-order valence-corrected chi connectivity index (χ3v) is 6.36. The van der Waals surface area contributed by atoms with Crippen molar-refractivity contribution in [1.29, 1.82) is 0 Å². The van der Waals surface area contributed by atoms with Gasteiger partial charge in [0.25, 0.3) is 5.56 Å². The third kappa shape index (κ3) is 2.36. The van der Waals surface area contributed by atoms with Crippen LogP contribution < -0.4 is 11.2 Å². The predicted octanol–water partition coefficient (Wildman–Crippen LogP) is 0.870. The molecule has 3 heterocycles. The van der Waals surface area contributed by atoms with Crippen LogP contribution in [0.1, 0.15) is 45.3 Å². The molecule has 0 bridgehead atoms. The molecule has 4 unspecified atom stereocenters. The SMILES string of the molecule is CCC12OC3(CCCC3)OC1C(CO)(CCl)OC2n1ccc(=O)[nH]c1=O. The number of alkyl halides is 1. The van der Waals surface area contributed by atoms with Crippen LogP contribution in [-0.4, -0.2) is 50.2 Å². The minimum absolute atomic E-state index is 0.00996. The second-order valence-corrected chi connectivity index (χ2v) is 7.64. The van der Waals surface area contributed by atoms with Gasteiger partial charge in [-0.15, -0.1) is 11.6 Å². The molecular formula is C17H23ClN2O6. The Morgan fingerprint density at radius 1 is 1.35 bits per heavy atom. The summed E-state index contributed by atoms with van der Waals surface area (Å²) in [5, 5.41) is 10.1.